The minimum Gasteiger partial charge on any atom is -0.285 e. The van der Waals surface area contributed by atoms with E-state index < -0.39 is 0 Å². The van der Waals surface area contributed by atoms with E-state index in [4.69, 9.17) is 0 Å². The Kier molecular flexibility index (Phi) is 2.29. The molecule has 17 heavy (non-hydrogen) atoms. The van der Waals surface area contributed by atoms with Gasteiger partial charge in [-0.1, -0.05) is 19.6 Å². The van der Waals surface area contributed by atoms with Gasteiger partial charge in [0.1, 0.15) is 0 Å². The number of fused-ring (bicyclic) bond motifs is 3. The van der Waals surface area contributed by atoms with Gasteiger partial charge in [0, 0.05) is 6.21 Å². The highest BCUT2D eigenvalue weighted by Gasteiger charge is 2.31. The monoisotopic (exact) mass is 223 g/mol. The lowest BCUT2D eigenvalue weighted by Crippen LogP contribution is -2.20. The Bertz CT molecular complexity index is 550. The fourth-order valence-electron chi connectivity index (χ4n) is 2.76. The quantitative estimate of drug-likeness (QED) is 0.673. The summed E-state index contributed by atoms with van der Waals surface area (Å²) in [7, 11) is 0. The fraction of sp³-hybridized carbons (Fsp3) is 0.312. The van der Waals surface area contributed by atoms with E-state index in [1.165, 1.54) is 33.4 Å². The second kappa shape index (κ2) is 3.69. The number of hydrogen-bond acceptors (Lipinski definition) is 1. The summed E-state index contributed by atoms with van der Waals surface area (Å²) in [5.74, 6) is 0. The molecule has 86 valence electrons. The van der Waals surface area contributed by atoms with Gasteiger partial charge in [0.15, 0.2) is 0 Å². The van der Waals surface area contributed by atoms with Gasteiger partial charge < -0.3 is 0 Å². The average molecular weight is 223 g/mol. The number of nitrogens with zero attached hydrogens (tertiary/aromatic N) is 1. The molecule has 0 amide bonds. The summed E-state index contributed by atoms with van der Waals surface area (Å²) < 4.78 is 0. The topological polar surface area (TPSA) is 12.4 Å². The van der Waals surface area contributed by atoms with Gasteiger partial charge in [0.25, 0.3) is 0 Å². The summed E-state index contributed by atoms with van der Waals surface area (Å²) >= 11 is 0. The first-order chi connectivity index (χ1) is 8.20. The normalized spacial score (nSPS) is 25.3. The number of hydrogen-bond donors (Lipinski definition) is 0. The first-order valence-corrected chi connectivity index (χ1v) is 6.26. The molecular formula is C16H17N. The molecule has 0 saturated heterocycles. The molecule has 2 aliphatic carbocycles. The maximum Gasteiger partial charge on any atom is 0.0801 e. The molecule has 0 saturated carbocycles. The van der Waals surface area contributed by atoms with Crippen molar-refractivity contribution in [2.45, 2.75) is 32.7 Å². The van der Waals surface area contributed by atoms with Crippen molar-refractivity contribution < 1.29 is 0 Å². The molecule has 0 aromatic heterocycles. The SMILES string of the molecule is C=C(CC)C1=CC2=C1[C@@H]1CC(=CC=N1)C=C2C. The molecule has 1 heterocycles. The third kappa shape index (κ3) is 1.49. The molecule has 3 aliphatic rings. The van der Waals surface area contributed by atoms with Crippen LogP contribution >= 0.6 is 0 Å². The lowest BCUT2D eigenvalue weighted by molar-refractivity contribution is 0.763. The molecule has 0 aromatic carbocycles. The lowest BCUT2D eigenvalue weighted by atomic mass is 9.77. The molecule has 3 rings (SSSR count). The van der Waals surface area contributed by atoms with E-state index in [2.05, 4.69) is 43.6 Å². The highest BCUT2D eigenvalue weighted by molar-refractivity contribution is 5.79. The van der Waals surface area contributed by atoms with E-state index in [9.17, 15) is 0 Å². The third-order valence-electron chi connectivity index (χ3n) is 3.82. The van der Waals surface area contributed by atoms with Crippen molar-refractivity contribution in [1.82, 2.24) is 0 Å². The Morgan fingerprint density at radius 1 is 1.47 bits per heavy atom. The Labute approximate surface area is 103 Å². The Balaban J connectivity index is 2.03. The van der Waals surface area contributed by atoms with Gasteiger partial charge in [-0.15, -0.1) is 0 Å². The van der Waals surface area contributed by atoms with Crippen LogP contribution in [0.3, 0.4) is 0 Å². The van der Waals surface area contributed by atoms with Gasteiger partial charge in [-0.2, -0.15) is 0 Å². The predicted octanol–water partition coefficient (Wildman–Crippen LogP) is 3.92. The summed E-state index contributed by atoms with van der Waals surface area (Å²) in [5, 5.41) is 0. The Morgan fingerprint density at radius 3 is 3.06 bits per heavy atom. The van der Waals surface area contributed by atoms with Gasteiger partial charge in [-0.25, -0.2) is 0 Å². The first-order valence-electron chi connectivity index (χ1n) is 6.26. The van der Waals surface area contributed by atoms with Crippen LogP contribution in [0.15, 0.2) is 63.2 Å². The third-order valence-corrected chi connectivity index (χ3v) is 3.82. The van der Waals surface area contributed by atoms with E-state index in [1.54, 1.807) is 0 Å². The van der Waals surface area contributed by atoms with E-state index in [0.717, 1.165) is 12.8 Å². The van der Waals surface area contributed by atoms with E-state index in [-0.39, 0.29) is 0 Å². The van der Waals surface area contributed by atoms with E-state index >= 15 is 0 Å². The van der Waals surface area contributed by atoms with Crippen molar-refractivity contribution >= 4 is 6.21 Å². The molecule has 0 radical (unpaired) electrons. The van der Waals surface area contributed by atoms with Crippen LogP contribution in [0.25, 0.3) is 0 Å². The van der Waals surface area contributed by atoms with Crippen LogP contribution in [0.1, 0.15) is 26.7 Å². The highest BCUT2D eigenvalue weighted by Crippen LogP contribution is 2.44. The fourth-order valence-corrected chi connectivity index (χ4v) is 2.76. The van der Waals surface area contributed by atoms with Crippen LogP contribution in [0.5, 0.6) is 0 Å². The van der Waals surface area contributed by atoms with Crippen molar-refractivity contribution in [1.29, 1.82) is 0 Å². The van der Waals surface area contributed by atoms with Gasteiger partial charge in [-0.3, -0.25) is 4.99 Å². The van der Waals surface area contributed by atoms with Crippen LogP contribution in [0.2, 0.25) is 0 Å². The minimum atomic E-state index is 0.321. The minimum absolute atomic E-state index is 0.321. The van der Waals surface area contributed by atoms with E-state index in [0.29, 0.717) is 6.04 Å². The lowest BCUT2D eigenvalue weighted by Gasteiger charge is -2.29. The van der Waals surface area contributed by atoms with Crippen LogP contribution < -0.4 is 0 Å². The van der Waals surface area contributed by atoms with Gasteiger partial charge in [0.05, 0.1) is 6.04 Å². The Hall–Kier alpha value is -1.63. The van der Waals surface area contributed by atoms with Gasteiger partial charge in [0.2, 0.25) is 0 Å². The summed E-state index contributed by atoms with van der Waals surface area (Å²) in [5.41, 5.74) is 8.16. The maximum absolute atomic E-state index is 4.62. The van der Waals surface area contributed by atoms with Crippen LogP contribution in [0, 0.1) is 0 Å². The zero-order chi connectivity index (χ0) is 12.0. The molecular weight excluding hydrogens is 206 g/mol. The van der Waals surface area contributed by atoms with Crippen molar-refractivity contribution in [3.63, 3.8) is 0 Å². The summed E-state index contributed by atoms with van der Waals surface area (Å²) in [6.07, 6.45) is 10.7. The predicted molar refractivity (Wildman–Crippen MR) is 73.3 cm³/mol. The molecule has 1 heteroatoms. The number of aliphatic imine (C=N–C) groups is 1. The van der Waals surface area contributed by atoms with Gasteiger partial charge >= 0.3 is 0 Å². The number of rotatable bonds is 2. The summed E-state index contributed by atoms with van der Waals surface area (Å²) in [6, 6.07) is 0.321. The molecule has 1 aliphatic heterocycles. The smallest absolute Gasteiger partial charge is 0.0801 e. The summed E-state index contributed by atoms with van der Waals surface area (Å²) in [6.45, 7) is 8.52. The van der Waals surface area contributed by atoms with Crippen LogP contribution in [0.4, 0.5) is 0 Å². The summed E-state index contributed by atoms with van der Waals surface area (Å²) in [4.78, 5) is 4.62. The van der Waals surface area contributed by atoms with E-state index in [1.807, 2.05) is 6.21 Å². The second-order valence-corrected chi connectivity index (χ2v) is 4.93. The molecule has 0 N–H and O–H groups in total. The standard InChI is InChI=1S/C16H17N/c1-4-10(2)13-9-14-11(3)7-12-5-6-17-15(8-12)16(13)14/h5-7,9,15H,2,4,8H2,1,3H3/t15-/m0/s1. The zero-order valence-electron chi connectivity index (χ0n) is 10.5. The maximum atomic E-state index is 4.62. The van der Waals surface area contributed by atoms with Crippen molar-refractivity contribution in [3.8, 4) is 0 Å². The molecule has 2 bridgehead atoms. The van der Waals surface area contributed by atoms with Crippen LogP contribution in [-0.2, 0) is 0 Å². The van der Waals surface area contributed by atoms with Crippen molar-refractivity contribution in [2.75, 3.05) is 0 Å². The molecule has 0 unspecified atom stereocenters. The van der Waals surface area contributed by atoms with Crippen molar-refractivity contribution in [3.05, 3.63) is 58.2 Å². The molecule has 0 fully saturated rings. The molecule has 0 aromatic rings. The first kappa shape index (κ1) is 10.5. The zero-order valence-corrected chi connectivity index (χ0v) is 10.5. The Morgan fingerprint density at radius 2 is 2.29 bits per heavy atom. The molecule has 1 nitrogen and oxygen atoms in total. The van der Waals surface area contributed by atoms with Crippen LogP contribution in [-0.4, -0.2) is 12.3 Å². The average Bonchev–Trinajstić information content (AvgIpc) is 2.33. The number of allylic oxidation sites excluding steroid dienone is 6. The van der Waals surface area contributed by atoms with Crippen molar-refractivity contribution in [2.24, 2.45) is 4.99 Å². The molecule has 0 spiro atoms. The van der Waals surface area contributed by atoms with Gasteiger partial charge in [-0.05, 0) is 65.4 Å². The highest BCUT2D eigenvalue weighted by atomic mass is 14.8. The largest absolute Gasteiger partial charge is 0.285 e. The molecule has 1 atom stereocenters. The number of dihydropyridines is 1. The second-order valence-electron chi connectivity index (χ2n) is 4.93.